The van der Waals surface area contributed by atoms with Crippen molar-refractivity contribution in [1.82, 2.24) is 20.4 Å². The highest BCUT2D eigenvalue weighted by Crippen LogP contribution is 2.59. The van der Waals surface area contributed by atoms with Gasteiger partial charge in [0.2, 0.25) is 5.91 Å². The van der Waals surface area contributed by atoms with E-state index >= 15 is 0 Å². The summed E-state index contributed by atoms with van der Waals surface area (Å²) in [6.45, 7) is 3.19. The SMILES string of the molecule is O=C(NCC1CC12CCN(C(=O)CC1CCCCC1)CC2)N1C=C2C=CNC=C2C1. The number of amides is 3. The quantitative estimate of drug-likeness (QED) is 0.746. The zero-order valence-corrected chi connectivity index (χ0v) is 17.9. The summed E-state index contributed by atoms with van der Waals surface area (Å²) in [4.78, 5) is 29.1. The van der Waals surface area contributed by atoms with Gasteiger partial charge in [-0.1, -0.05) is 19.3 Å². The van der Waals surface area contributed by atoms with Crippen LogP contribution in [0, 0.1) is 17.3 Å². The Morgan fingerprint density at radius 1 is 1.17 bits per heavy atom. The molecule has 3 aliphatic heterocycles. The van der Waals surface area contributed by atoms with Crippen molar-refractivity contribution in [2.24, 2.45) is 17.3 Å². The van der Waals surface area contributed by atoms with Gasteiger partial charge in [0.15, 0.2) is 0 Å². The summed E-state index contributed by atoms with van der Waals surface area (Å²) in [6, 6.07) is -0.00616. The number of nitrogens with one attached hydrogen (secondary N) is 2. The molecule has 2 aliphatic carbocycles. The second-order valence-corrected chi connectivity index (χ2v) is 9.92. The van der Waals surface area contributed by atoms with Crippen LogP contribution in [0.3, 0.4) is 0 Å². The first-order chi connectivity index (χ1) is 14.6. The normalized spacial score (nSPS) is 27.3. The number of nitrogens with zero attached hydrogens (tertiary/aromatic N) is 2. The van der Waals surface area contributed by atoms with E-state index in [4.69, 9.17) is 0 Å². The Morgan fingerprint density at radius 3 is 2.73 bits per heavy atom. The van der Waals surface area contributed by atoms with Crippen molar-refractivity contribution < 1.29 is 9.59 Å². The predicted octanol–water partition coefficient (Wildman–Crippen LogP) is 3.50. The number of piperidine rings is 1. The Labute approximate surface area is 179 Å². The molecule has 3 amide bonds. The zero-order chi connectivity index (χ0) is 20.6. The molecule has 0 radical (unpaired) electrons. The molecule has 0 aromatic carbocycles. The first-order valence-electron chi connectivity index (χ1n) is 11.8. The summed E-state index contributed by atoms with van der Waals surface area (Å²) in [5.74, 6) is 1.57. The van der Waals surface area contributed by atoms with Crippen molar-refractivity contribution in [2.45, 2.75) is 57.8 Å². The average molecular weight is 411 g/mol. The lowest BCUT2D eigenvalue weighted by atomic mass is 9.86. The summed E-state index contributed by atoms with van der Waals surface area (Å²) in [7, 11) is 0. The van der Waals surface area contributed by atoms with Crippen LogP contribution in [0.25, 0.3) is 0 Å². The predicted molar refractivity (Wildman–Crippen MR) is 116 cm³/mol. The van der Waals surface area contributed by atoms with Crippen LogP contribution in [-0.4, -0.2) is 47.9 Å². The molecule has 3 fully saturated rings. The van der Waals surface area contributed by atoms with Crippen molar-refractivity contribution in [1.29, 1.82) is 0 Å². The van der Waals surface area contributed by atoms with E-state index in [1.54, 1.807) is 4.90 Å². The Hall–Kier alpha value is -2.24. The molecule has 30 heavy (non-hydrogen) atoms. The third-order valence-electron chi connectivity index (χ3n) is 8.04. The second kappa shape index (κ2) is 8.12. The maximum absolute atomic E-state index is 12.7. The largest absolute Gasteiger partial charge is 0.367 e. The Kier molecular flexibility index (Phi) is 5.34. The molecule has 162 valence electrons. The molecule has 1 unspecified atom stereocenters. The van der Waals surface area contributed by atoms with Gasteiger partial charge in [0.05, 0.1) is 6.54 Å². The first-order valence-corrected chi connectivity index (χ1v) is 11.8. The summed E-state index contributed by atoms with van der Waals surface area (Å²) >= 11 is 0. The molecule has 1 saturated heterocycles. The van der Waals surface area contributed by atoms with Gasteiger partial charge in [-0.25, -0.2) is 4.79 Å². The van der Waals surface area contributed by atoms with Gasteiger partial charge in [0.25, 0.3) is 0 Å². The lowest BCUT2D eigenvalue weighted by Gasteiger charge is -2.34. The fourth-order valence-electron chi connectivity index (χ4n) is 5.88. The van der Waals surface area contributed by atoms with E-state index < -0.39 is 0 Å². The van der Waals surface area contributed by atoms with E-state index in [2.05, 4.69) is 15.5 Å². The van der Waals surface area contributed by atoms with Crippen molar-refractivity contribution in [2.75, 3.05) is 26.2 Å². The van der Waals surface area contributed by atoms with Gasteiger partial charge in [-0.15, -0.1) is 0 Å². The molecule has 5 aliphatic rings. The van der Waals surface area contributed by atoms with Crippen LogP contribution in [0.5, 0.6) is 0 Å². The number of fused-ring (bicyclic) bond motifs is 1. The average Bonchev–Trinajstić information content (AvgIpc) is 3.25. The standard InChI is InChI=1S/C24H34N4O2/c29-22(12-18-4-2-1-3-5-18)27-10-7-24(8-11-27)13-21(24)15-26-23(30)28-16-19-6-9-25-14-20(19)17-28/h6,9,14,16,18,21,25H,1-5,7-8,10-13,15,17H2,(H,26,30). The summed E-state index contributed by atoms with van der Waals surface area (Å²) < 4.78 is 0. The van der Waals surface area contributed by atoms with Crippen LogP contribution in [0.2, 0.25) is 0 Å². The number of allylic oxidation sites excluding steroid dienone is 1. The van der Waals surface area contributed by atoms with Crippen LogP contribution in [0.1, 0.15) is 57.8 Å². The fraction of sp³-hybridized carbons (Fsp3) is 0.667. The molecule has 6 nitrogen and oxygen atoms in total. The van der Waals surface area contributed by atoms with Gasteiger partial charge in [-0.05, 0) is 66.6 Å². The number of hydrogen-bond donors (Lipinski definition) is 2. The van der Waals surface area contributed by atoms with Crippen molar-refractivity contribution in [3.8, 4) is 0 Å². The second-order valence-electron chi connectivity index (χ2n) is 9.92. The lowest BCUT2D eigenvalue weighted by Crippen LogP contribution is -2.41. The van der Waals surface area contributed by atoms with Gasteiger partial charge < -0.3 is 15.5 Å². The number of likely N-dealkylation sites (tertiary alicyclic amines) is 1. The number of urea groups is 1. The third-order valence-corrected chi connectivity index (χ3v) is 8.04. The fourth-order valence-corrected chi connectivity index (χ4v) is 5.88. The molecular weight excluding hydrogens is 376 g/mol. The van der Waals surface area contributed by atoms with E-state index in [-0.39, 0.29) is 6.03 Å². The van der Waals surface area contributed by atoms with Crippen LogP contribution >= 0.6 is 0 Å². The van der Waals surface area contributed by atoms with Gasteiger partial charge >= 0.3 is 6.03 Å². The van der Waals surface area contributed by atoms with E-state index in [0.29, 0.717) is 29.7 Å². The minimum atomic E-state index is -0.00616. The maximum atomic E-state index is 12.7. The molecule has 2 N–H and O–H groups in total. The number of dihydropyridines is 1. The molecule has 5 rings (SSSR count). The van der Waals surface area contributed by atoms with Crippen molar-refractivity contribution in [3.05, 3.63) is 35.8 Å². The summed E-state index contributed by atoms with van der Waals surface area (Å²) in [5, 5.41) is 6.23. The third kappa shape index (κ3) is 4.01. The maximum Gasteiger partial charge on any atom is 0.321 e. The van der Waals surface area contributed by atoms with Gasteiger partial charge in [0, 0.05) is 44.7 Å². The summed E-state index contributed by atoms with van der Waals surface area (Å²) in [6.07, 6.45) is 18.3. The molecular formula is C24H34N4O2. The van der Waals surface area contributed by atoms with Crippen LogP contribution in [-0.2, 0) is 4.79 Å². The number of carbonyl (C=O) groups excluding carboxylic acids is 2. The van der Waals surface area contributed by atoms with E-state index in [9.17, 15) is 9.59 Å². The van der Waals surface area contributed by atoms with E-state index in [1.165, 1.54) is 38.5 Å². The van der Waals surface area contributed by atoms with Gasteiger partial charge in [-0.3, -0.25) is 9.69 Å². The molecule has 6 heteroatoms. The Balaban J connectivity index is 1.04. The van der Waals surface area contributed by atoms with Crippen molar-refractivity contribution in [3.63, 3.8) is 0 Å². The molecule has 1 spiro atoms. The highest BCUT2D eigenvalue weighted by molar-refractivity contribution is 5.78. The lowest BCUT2D eigenvalue weighted by molar-refractivity contribution is -0.134. The molecule has 0 bridgehead atoms. The monoisotopic (exact) mass is 410 g/mol. The molecule has 0 aromatic rings. The van der Waals surface area contributed by atoms with Crippen LogP contribution in [0.4, 0.5) is 4.79 Å². The van der Waals surface area contributed by atoms with Crippen molar-refractivity contribution >= 4 is 11.9 Å². The molecule has 3 heterocycles. The van der Waals surface area contributed by atoms with E-state index in [0.717, 1.165) is 50.0 Å². The topological polar surface area (TPSA) is 64.7 Å². The highest BCUT2D eigenvalue weighted by Gasteiger charge is 2.54. The number of carbonyl (C=O) groups is 2. The first kappa shape index (κ1) is 19.7. The van der Waals surface area contributed by atoms with Gasteiger partial charge in [0.1, 0.15) is 0 Å². The number of hydrogen-bond acceptors (Lipinski definition) is 3. The smallest absolute Gasteiger partial charge is 0.321 e. The van der Waals surface area contributed by atoms with Crippen LogP contribution < -0.4 is 10.6 Å². The highest BCUT2D eigenvalue weighted by atomic mass is 16.2. The zero-order valence-electron chi connectivity index (χ0n) is 17.9. The minimum Gasteiger partial charge on any atom is -0.367 e. The number of rotatable bonds is 4. The van der Waals surface area contributed by atoms with E-state index in [1.807, 2.05) is 24.7 Å². The van der Waals surface area contributed by atoms with Gasteiger partial charge in [-0.2, -0.15) is 0 Å². The molecule has 2 saturated carbocycles. The molecule has 1 atom stereocenters. The minimum absolute atomic E-state index is 0.00616. The Bertz CT molecular complexity index is 785. The van der Waals surface area contributed by atoms with Crippen LogP contribution in [0.15, 0.2) is 35.8 Å². The summed E-state index contributed by atoms with van der Waals surface area (Å²) in [5.41, 5.74) is 2.62. The Morgan fingerprint density at radius 2 is 1.97 bits per heavy atom. The molecule has 0 aromatic heterocycles.